The van der Waals surface area contributed by atoms with Gasteiger partial charge in [-0.15, -0.1) is 0 Å². The predicted octanol–water partition coefficient (Wildman–Crippen LogP) is 4.14. The zero-order valence-electron chi connectivity index (χ0n) is 14.2. The van der Waals surface area contributed by atoms with Gasteiger partial charge >= 0.3 is 0 Å². The first-order valence-electron chi connectivity index (χ1n) is 8.41. The highest BCUT2D eigenvalue weighted by Crippen LogP contribution is 2.34. The SMILES string of the molecule is Cc1ccc(C(N)CN2CCCC(C(C)(C)C)CC2)cc1. The summed E-state index contributed by atoms with van der Waals surface area (Å²) in [6.45, 7) is 12.6. The fraction of sp³-hybridized carbons (Fsp3) is 0.684. The van der Waals surface area contributed by atoms with E-state index in [0.717, 1.165) is 12.5 Å². The van der Waals surface area contributed by atoms with E-state index in [-0.39, 0.29) is 6.04 Å². The molecule has 1 saturated heterocycles. The summed E-state index contributed by atoms with van der Waals surface area (Å²) in [6, 6.07) is 8.81. The summed E-state index contributed by atoms with van der Waals surface area (Å²) in [6.07, 6.45) is 3.98. The molecule has 1 aliphatic rings. The highest BCUT2D eigenvalue weighted by atomic mass is 15.1. The number of nitrogens with zero attached hydrogens (tertiary/aromatic N) is 1. The van der Waals surface area contributed by atoms with Crippen LogP contribution in [-0.4, -0.2) is 24.5 Å². The lowest BCUT2D eigenvalue weighted by Gasteiger charge is -2.30. The van der Waals surface area contributed by atoms with E-state index in [0.29, 0.717) is 5.41 Å². The second kappa shape index (κ2) is 6.93. The number of benzene rings is 1. The van der Waals surface area contributed by atoms with E-state index < -0.39 is 0 Å². The molecule has 2 heteroatoms. The van der Waals surface area contributed by atoms with Crippen molar-refractivity contribution in [2.45, 2.75) is 53.0 Å². The Labute approximate surface area is 130 Å². The molecule has 0 radical (unpaired) electrons. The van der Waals surface area contributed by atoms with Gasteiger partial charge in [0, 0.05) is 12.6 Å². The van der Waals surface area contributed by atoms with Gasteiger partial charge in [0.15, 0.2) is 0 Å². The Morgan fingerprint density at radius 3 is 2.43 bits per heavy atom. The van der Waals surface area contributed by atoms with Gasteiger partial charge in [-0.05, 0) is 56.2 Å². The molecule has 0 aliphatic carbocycles. The molecule has 0 spiro atoms. The Morgan fingerprint density at radius 1 is 1.14 bits per heavy atom. The molecule has 2 rings (SSSR count). The first kappa shape index (κ1) is 16.5. The van der Waals surface area contributed by atoms with Crippen LogP contribution in [0.4, 0.5) is 0 Å². The van der Waals surface area contributed by atoms with Crippen molar-refractivity contribution in [2.24, 2.45) is 17.1 Å². The predicted molar refractivity (Wildman–Crippen MR) is 91.3 cm³/mol. The van der Waals surface area contributed by atoms with Crippen molar-refractivity contribution >= 4 is 0 Å². The average Bonchev–Trinajstić information content (AvgIpc) is 2.64. The van der Waals surface area contributed by atoms with Gasteiger partial charge in [-0.1, -0.05) is 50.6 Å². The molecule has 2 nitrogen and oxygen atoms in total. The molecule has 2 atom stereocenters. The van der Waals surface area contributed by atoms with Gasteiger partial charge in [0.1, 0.15) is 0 Å². The highest BCUT2D eigenvalue weighted by Gasteiger charge is 2.27. The minimum atomic E-state index is 0.136. The van der Waals surface area contributed by atoms with Crippen LogP contribution < -0.4 is 5.73 Å². The summed E-state index contributed by atoms with van der Waals surface area (Å²) in [7, 11) is 0. The Hall–Kier alpha value is -0.860. The van der Waals surface area contributed by atoms with Crippen molar-refractivity contribution in [1.82, 2.24) is 4.90 Å². The maximum Gasteiger partial charge on any atom is 0.0424 e. The van der Waals surface area contributed by atoms with Crippen LogP contribution in [0.2, 0.25) is 0 Å². The summed E-state index contributed by atoms with van der Waals surface area (Å²) >= 11 is 0. The molecule has 1 heterocycles. The number of aryl methyl sites for hydroxylation is 1. The lowest BCUT2D eigenvalue weighted by molar-refractivity contribution is 0.205. The van der Waals surface area contributed by atoms with Gasteiger partial charge in [0.2, 0.25) is 0 Å². The third-order valence-corrected chi connectivity index (χ3v) is 5.01. The van der Waals surface area contributed by atoms with Crippen LogP contribution >= 0.6 is 0 Å². The van der Waals surface area contributed by atoms with E-state index >= 15 is 0 Å². The van der Waals surface area contributed by atoms with Crippen LogP contribution in [0.25, 0.3) is 0 Å². The molecule has 0 bridgehead atoms. The Balaban J connectivity index is 1.90. The van der Waals surface area contributed by atoms with Crippen molar-refractivity contribution in [3.63, 3.8) is 0 Å². The fourth-order valence-electron chi connectivity index (χ4n) is 3.40. The molecule has 0 amide bonds. The van der Waals surface area contributed by atoms with Gasteiger partial charge in [-0.2, -0.15) is 0 Å². The number of hydrogen-bond acceptors (Lipinski definition) is 2. The molecule has 1 aliphatic heterocycles. The normalized spacial score (nSPS) is 22.8. The average molecular weight is 288 g/mol. The first-order valence-corrected chi connectivity index (χ1v) is 8.41. The number of nitrogens with two attached hydrogens (primary N) is 1. The molecular weight excluding hydrogens is 256 g/mol. The van der Waals surface area contributed by atoms with E-state index in [4.69, 9.17) is 5.73 Å². The highest BCUT2D eigenvalue weighted by molar-refractivity contribution is 5.24. The van der Waals surface area contributed by atoms with Gasteiger partial charge in [0.25, 0.3) is 0 Å². The molecule has 1 aromatic carbocycles. The largest absolute Gasteiger partial charge is 0.323 e. The van der Waals surface area contributed by atoms with Crippen molar-refractivity contribution in [2.75, 3.05) is 19.6 Å². The summed E-state index contributed by atoms with van der Waals surface area (Å²) < 4.78 is 0. The van der Waals surface area contributed by atoms with Gasteiger partial charge in [-0.3, -0.25) is 0 Å². The van der Waals surface area contributed by atoms with Gasteiger partial charge in [-0.25, -0.2) is 0 Å². The zero-order chi connectivity index (χ0) is 15.5. The van der Waals surface area contributed by atoms with Crippen molar-refractivity contribution in [3.8, 4) is 0 Å². The molecular formula is C19H32N2. The Morgan fingerprint density at radius 2 is 1.81 bits per heavy atom. The zero-order valence-corrected chi connectivity index (χ0v) is 14.2. The van der Waals surface area contributed by atoms with Crippen LogP contribution in [0.1, 0.15) is 57.2 Å². The third kappa shape index (κ3) is 4.82. The minimum Gasteiger partial charge on any atom is -0.323 e. The second-order valence-corrected chi connectivity index (χ2v) is 7.81. The van der Waals surface area contributed by atoms with Crippen LogP contribution in [-0.2, 0) is 0 Å². The maximum absolute atomic E-state index is 6.41. The summed E-state index contributed by atoms with van der Waals surface area (Å²) in [5.41, 5.74) is 9.41. The lowest BCUT2D eigenvalue weighted by Crippen LogP contribution is -2.33. The molecule has 0 aromatic heterocycles. The van der Waals surface area contributed by atoms with Crippen molar-refractivity contribution in [3.05, 3.63) is 35.4 Å². The smallest absolute Gasteiger partial charge is 0.0424 e. The first-order chi connectivity index (χ1) is 9.86. The summed E-state index contributed by atoms with van der Waals surface area (Å²) in [5.74, 6) is 0.845. The van der Waals surface area contributed by atoms with Crippen molar-refractivity contribution < 1.29 is 0 Å². The topological polar surface area (TPSA) is 29.3 Å². The molecule has 0 saturated carbocycles. The number of hydrogen-bond donors (Lipinski definition) is 1. The monoisotopic (exact) mass is 288 g/mol. The van der Waals surface area contributed by atoms with E-state index in [1.54, 1.807) is 0 Å². The third-order valence-electron chi connectivity index (χ3n) is 5.01. The van der Waals surface area contributed by atoms with Gasteiger partial charge in [0.05, 0.1) is 0 Å². The van der Waals surface area contributed by atoms with Crippen LogP contribution in [0.3, 0.4) is 0 Å². The molecule has 1 fully saturated rings. The molecule has 118 valence electrons. The van der Waals surface area contributed by atoms with Crippen LogP contribution in [0, 0.1) is 18.3 Å². The number of likely N-dealkylation sites (tertiary alicyclic amines) is 1. The van der Waals surface area contributed by atoms with E-state index in [2.05, 4.69) is 56.9 Å². The Bertz CT molecular complexity index is 430. The molecule has 1 aromatic rings. The van der Waals surface area contributed by atoms with Crippen LogP contribution in [0.15, 0.2) is 24.3 Å². The summed E-state index contributed by atoms with van der Waals surface area (Å²) in [4.78, 5) is 2.57. The minimum absolute atomic E-state index is 0.136. The quantitative estimate of drug-likeness (QED) is 0.905. The molecule has 2 unspecified atom stereocenters. The van der Waals surface area contributed by atoms with Crippen LogP contribution in [0.5, 0.6) is 0 Å². The maximum atomic E-state index is 6.41. The molecule has 21 heavy (non-hydrogen) atoms. The fourth-order valence-corrected chi connectivity index (χ4v) is 3.40. The Kier molecular flexibility index (Phi) is 5.45. The van der Waals surface area contributed by atoms with Crippen molar-refractivity contribution in [1.29, 1.82) is 0 Å². The number of rotatable bonds is 3. The standard InChI is InChI=1S/C19H32N2/c1-15-7-9-16(10-8-15)18(20)14-21-12-5-6-17(11-13-21)19(2,3)4/h7-10,17-18H,5-6,11-14,20H2,1-4H3. The van der Waals surface area contributed by atoms with E-state index in [1.807, 2.05) is 0 Å². The summed E-state index contributed by atoms with van der Waals surface area (Å²) in [5, 5.41) is 0. The van der Waals surface area contributed by atoms with E-state index in [9.17, 15) is 0 Å². The lowest BCUT2D eigenvalue weighted by atomic mass is 9.77. The van der Waals surface area contributed by atoms with E-state index in [1.165, 1.54) is 43.5 Å². The molecule has 2 N–H and O–H groups in total. The second-order valence-electron chi connectivity index (χ2n) is 7.81. The van der Waals surface area contributed by atoms with Gasteiger partial charge < -0.3 is 10.6 Å².